The molecule has 1 unspecified atom stereocenters. The van der Waals surface area contributed by atoms with Crippen LogP contribution in [0.2, 0.25) is 0 Å². The number of nitrogens with zero attached hydrogens (tertiary/aromatic N) is 1. The number of terminal acetylenes is 1. The molecule has 0 fully saturated rings. The van der Waals surface area contributed by atoms with E-state index in [9.17, 15) is 0 Å². The Morgan fingerprint density at radius 1 is 1.33 bits per heavy atom. The van der Waals surface area contributed by atoms with Crippen LogP contribution in [0, 0.1) is 18.3 Å². The molecule has 2 heteroatoms. The number of hydrogen-bond acceptors (Lipinski definition) is 2. The fourth-order valence-electron chi connectivity index (χ4n) is 1.57. The standard InChI is InChI=1S/C13H26N2/c1-8-9-15(7)12(11(2)3)10-14-13(4,5)6/h1,11-12,14H,9-10H2,2-7H3. The molecular weight excluding hydrogens is 184 g/mol. The van der Waals surface area contributed by atoms with Gasteiger partial charge in [0, 0.05) is 18.1 Å². The highest BCUT2D eigenvalue weighted by Gasteiger charge is 2.20. The third kappa shape index (κ3) is 6.54. The van der Waals surface area contributed by atoms with Crippen LogP contribution < -0.4 is 5.32 Å². The van der Waals surface area contributed by atoms with Crippen molar-refractivity contribution in [2.75, 3.05) is 20.1 Å². The van der Waals surface area contributed by atoms with Gasteiger partial charge < -0.3 is 5.32 Å². The molecule has 0 saturated carbocycles. The fraction of sp³-hybridized carbons (Fsp3) is 0.846. The van der Waals surface area contributed by atoms with Crippen molar-refractivity contribution in [2.24, 2.45) is 5.92 Å². The van der Waals surface area contributed by atoms with Gasteiger partial charge in [0.05, 0.1) is 6.54 Å². The second-order valence-electron chi connectivity index (χ2n) is 5.56. The molecular formula is C13H26N2. The molecule has 0 aliphatic heterocycles. The van der Waals surface area contributed by atoms with E-state index in [0.29, 0.717) is 18.5 Å². The number of likely N-dealkylation sites (N-methyl/N-ethyl adjacent to an activating group) is 1. The monoisotopic (exact) mass is 210 g/mol. The highest BCUT2D eigenvalue weighted by Crippen LogP contribution is 2.09. The van der Waals surface area contributed by atoms with Crippen molar-refractivity contribution < 1.29 is 0 Å². The van der Waals surface area contributed by atoms with Crippen LogP contribution in [0.15, 0.2) is 0 Å². The van der Waals surface area contributed by atoms with E-state index in [0.717, 1.165) is 6.54 Å². The predicted octanol–water partition coefficient (Wildman–Crippen LogP) is 1.96. The van der Waals surface area contributed by atoms with E-state index in [2.05, 4.69) is 57.8 Å². The highest BCUT2D eigenvalue weighted by molar-refractivity contribution is 4.90. The molecule has 0 saturated heterocycles. The molecule has 0 aliphatic rings. The fourth-order valence-corrected chi connectivity index (χ4v) is 1.57. The SMILES string of the molecule is C#CCN(C)C(CNC(C)(C)C)C(C)C. The van der Waals surface area contributed by atoms with Gasteiger partial charge in [-0.25, -0.2) is 0 Å². The molecule has 0 aliphatic carbocycles. The minimum absolute atomic E-state index is 0.171. The Labute approximate surface area is 95.4 Å². The molecule has 0 spiro atoms. The molecule has 0 amide bonds. The van der Waals surface area contributed by atoms with Crippen LogP contribution in [0.3, 0.4) is 0 Å². The summed E-state index contributed by atoms with van der Waals surface area (Å²) in [5.74, 6) is 3.31. The minimum Gasteiger partial charge on any atom is -0.311 e. The summed E-state index contributed by atoms with van der Waals surface area (Å²) < 4.78 is 0. The van der Waals surface area contributed by atoms with E-state index in [4.69, 9.17) is 6.42 Å². The first-order valence-electron chi connectivity index (χ1n) is 5.66. The largest absolute Gasteiger partial charge is 0.311 e. The molecule has 0 aromatic heterocycles. The lowest BCUT2D eigenvalue weighted by Crippen LogP contribution is -2.48. The van der Waals surface area contributed by atoms with Crippen molar-refractivity contribution >= 4 is 0 Å². The average Bonchev–Trinajstić information content (AvgIpc) is 2.01. The van der Waals surface area contributed by atoms with Crippen molar-refractivity contribution in [3.63, 3.8) is 0 Å². The number of hydrogen-bond donors (Lipinski definition) is 1. The van der Waals surface area contributed by atoms with Crippen LogP contribution >= 0.6 is 0 Å². The first kappa shape index (κ1) is 14.5. The first-order chi connectivity index (χ1) is 6.78. The lowest BCUT2D eigenvalue weighted by molar-refractivity contribution is 0.194. The lowest BCUT2D eigenvalue weighted by atomic mass is 10.0. The van der Waals surface area contributed by atoms with Crippen LogP contribution in [0.5, 0.6) is 0 Å². The lowest BCUT2D eigenvalue weighted by Gasteiger charge is -2.33. The Balaban J connectivity index is 4.24. The van der Waals surface area contributed by atoms with Gasteiger partial charge in [-0.1, -0.05) is 19.8 Å². The van der Waals surface area contributed by atoms with Gasteiger partial charge in [0.15, 0.2) is 0 Å². The van der Waals surface area contributed by atoms with Crippen molar-refractivity contribution in [2.45, 2.75) is 46.2 Å². The molecule has 2 nitrogen and oxygen atoms in total. The van der Waals surface area contributed by atoms with Gasteiger partial charge in [-0.15, -0.1) is 6.42 Å². The van der Waals surface area contributed by atoms with Gasteiger partial charge >= 0.3 is 0 Å². The van der Waals surface area contributed by atoms with Crippen molar-refractivity contribution in [1.82, 2.24) is 10.2 Å². The summed E-state index contributed by atoms with van der Waals surface area (Å²) >= 11 is 0. The maximum absolute atomic E-state index is 5.34. The molecule has 1 N–H and O–H groups in total. The van der Waals surface area contributed by atoms with Gasteiger partial charge in [0.2, 0.25) is 0 Å². The number of rotatable bonds is 5. The molecule has 0 aromatic carbocycles. The maximum atomic E-state index is 5.34. The van der Waals surface area contributed by atoms with E-state index in [1.165, 1.54) is 0 Å². The second kappa shape index (κ2) is 6.15. The summed E-state index contributed by atoms with van der Waals surface area (Å²) in [6.45, 7) is 12.7. The van der Waals surface area contributed by atoms with Crippen molar-refractivity contribution in [1.29, 1.82) is 0 Å². The van der Waals surface area contributed by atoms with Crippen LogP contribution in [0.25, 0.3) is 0 Å². The minimum atomic E-state index is 0.171. The molecule has 0 bridgehead atoms. The first-order valence-corrected chi connectivity index (χ1v) is 5.66. The molecule has 0 aromatic rings. The Bertz CT molecular complexity index is 208. The summed E-state index contributed by atoms with van der Waals surface area (Å²) in [6, 6.07) is 0.500. The van der Waals surface area contributed by atoms with E-state index < -0.39 is 0 Å². The Kier molecular flexibility index (Phi) is 5.93. The summed E-state index contributed by atoms with van der Waals surface area (Å²) in [5.41, 5.74) is 0.171. The van der Waals surface area contributed by atoms with Gasteiger partial charge in [-0.3, -0.25) is 4.90 Å². The van der Waals surface area contributed by atoms with Crippen LogP contribution in [0.4, 0.5) is 0 Å². The highest BCUT2D eigenvalue weighted by atomic mass is 15.2. The Hall–Kier alpha value is -0.520. The third-order valence-electron chi connectivity index (χ3n) is 2.52. The molecule has 0 heterocycles. The molecule has 1 atom stereocenters. The van der Waals surface area contributed by atoms with Crippen LogP contribution in [-0.2, 0) is 0 Å². The van der Waals surface area contributed by atoms with Gasteiger partial charge in [0.25, 0.3) is 0 Å². The summed E-state index contributed by atoms with van der Waals surface area (Å²) in [7, 11) is 2.09. The van der Waals surface area contributed by atoms with E-state index in [1.807, 2.05) is 0 Å². The van der Waals surface area contributed by atoms with Crippen molar-refractivity contribution in [3.05, 3.63) is 0 Å². The van der Waals surface area contributed by atoms with E-state index in [-0.39, 0.29) is 5.54 Å². The maximum Gasteiger partial charge on any atom is 0.0599 e. The molecule has 0 rings (SSSR count). The molecule has 88 valence electrons. The smallest absolute Gasteiger partial charge is 0.0599 e. The Morgan fingerprint density at radius 2 is 1.87 bits per heavy atom. The zero-order chi connectivity index (χ0) is 12.1. The molecule has 15 heavy (non-hydrogen) atoms. The van der Waals surface area contributed by atoms with Gasteiger partial charge in [0.1, 0.15) is 0 Å². The Morgan fingerprint density at radius 3 is 2.20 bits per heavy atom. The summed E-state index contributed by atoms with van der Waals surface area (Å²) in [5, 5.41) is 3.53. The van der Waals surface area contributed by atoms with E-state index in [1.54, 1.807) is 0 Å². The van der Waals surface area contributed by atoms with Crippen LogP contribution in [0.1, 0.15) is 34.6 Å². The number of nitrogens with one attached hydrogen (secondary N) is 1. The molecule has 0 radical (unpaired) electrons. The normalized spacial score (nSPS) is 14.3. The van der Waals surface area contributed by atoms with Crippen molar-refractivity contribution in [3.8, 4) is 12.3 Å². The van der Waals surface area contributed by atoms with E-state index >= 15 is 0 Å². The van der Waals surface area contributed by atoms with Gasteiger partial charge in [-0.05, 0) is 33.7 Å². The second-order valence-corrected chi connectivity index (χ2v) is 5.56. The zero-order valence-corrected chi connectivity index (χ0v) is 11.1. The topological polar surface area (TPSA) is 15.3 Å². The zero-order valence-electron chi connectivity index (χ0n) is 11.1. The van der Waals surface area contributed by atoms with Gasteiger partial charge in [-0.2, -0.15) is 0 Å². The third-order valence-corrected chi connectivity index (χ3v) is 2.52. The van der Waals surface area contributed by atoms with Crippen LogP contribution in [-0.4, -0.2) is 36.6 Å². The summed E-state index contributed by atoms with van der Waals surface area (Å²) in [4.78, 5) is 2.24. The average molecular weight is 210 g/mol. The quantitative estimate of drug-likeness (QED) is 0.698. The predicted molar refractivity (Wildman–Crippen MR) is 67.8 cm³/mol. The summed E-state index contributed by atoms with van der Waals surface area (Å²) in [6.07, 6.45) is 5.34.